The molecule has 0 bridgehead atoms. The van der Waals surface area contributed by atoms with Crippen LogP contribution in [0.1, 0.15) is 16.7 Å². The Kier molecular flexibility index (Phi) is 3.48. The van der Waals surface area contributed by atoms with Gasteiger partial charge in [0.1, 0.15) is 0 Å². The third kappa shape index (κ3) is 2.68. The van der Waals surface area contributed by atoms with Crippen molar-refractivity contribution in [2.75, 3.05) is 0 Å². The lowest BCUT2D eigenvalue weighted by Crippen LogP contribution is -1.98. The number of benzene rings is 1. The minimum atomic E-state index is 0.536. The van der Waals surface area contributed by atoms with Gasteiger partial charge in [0.05, 0.1) is 11.6 Å². The van der Waals surface area contributed by atoms with Gasteiger partial charge in [-0.15, -0.1) is 0 Å². The summed E-state index contributed by atoms with van der Waals surface area (Å²) in [7, 11) is 0. The Morgan fingerprint density at radius 1 is 1.35 bits per heavy atom. The average Bonchev–Trinajstić information content (AvgIpc) is 2.79. The summed E-state index contributed by atoms with van der Waals surface area (Å²) < 4.78 is 2.02. The van der Waals surface area contributed by atoms with Gasteiger partial charge in [-0.1, -0.05) is 17.7 Å². The third-order valence-corrected chi connectivity index (χ3v) is 2.93. The molecule has 86 valence electrons. The quantitative estimate of drug-likeness (QED) is 0.903. The number of halogens is 1. The normalized spacial score (nSPS) is 10.2. The lowest BCUT2D eigenvalue weighted by Gasteiger charge is -2.05. The van der Waals surface area contributed by atoms with Gasteiger partial charge in [0.2, 0.25) is 0 Å². The van der Waals surface area contributed by atoms with Crippen LogP contribution >= 0.6 is 11.6 Å². The molecular formula is C13H12ClN3. The summed E-state index contributed by atoms with van der Waals surface area (Å²) in [5.41, 5.74) is 8.21. The number of nitrogens with two attached hydrogens (primary N) is 1. The second-order valence-corrected chi connectivity index (χ2v) is 4.22. The summed E-state index contributed by atoms with van der Waals surface area (Å²) in [6.45, 7) is 1.22. The number of nitrogens with zero attached hydrogens (tertiary/aromatic N) is 2. The maximum atomic E-state index is 8.75. The van der Waals surface area contributed by atoms with E-state index in [2.05, 4.69) is 6.07 Å². The van der Waals surface area contributed by atoms with E-state index in [1.165, 1.54) is 0 Å². The van der Waals surface area contributed by atoms with Crippen molar-refractivity contribution in [1.82, 2.24) is 4.57 Å². The van der Waals surface area contributed by atoms with E-state index in [-0.39, 0.29) is 0 Å². The van der Waals surface area contributed by atoms with Crippen molar-refractivity contribution >= 4 is 11.6 Å². The molecule has 0 aliphatic rings. The van der Waals surface area contributed by atoms with Gasteiger partial charge in [0, 0.05) is 30.5 Å². The van der Waals surface area contributed by atoms with Crippen LogP contribution in [0.2, 0.25) is 5.02 Å². The first-order valence-corrected chi connectivity index (χ1v) is 5.64. The number of hydrogen-bond acceptors (Lipinski definition) is 2. The van der Waals surface area contributed by atoms with Crippen molar-refractivity contribution in [3.63, 3.8) is 0 Å². The zero-order valence-corrected chi connectivity index (χ0v) is 9.98. The minimum absolute atomic E-state index is 0.536. The van der Waals surface area contributed by atoms with Crippen LogP contribution in [0.3, 0.4) is 0 Å². The zero-order chi connectivity index (χ0) is 12.3. The van der Waals surface area contributed by atoms with Gasteiger partial charge < -0.3 is 10.3 Å². The Morgan fingerprint density at radius 3 is 2.76 bits per heavy atom. The Bertz CT molecular complexity index is 566. The summed E-state index contributed by atoms with van der Waals surface area (Å²) in [4.78, 5) is 0. The molecule has 1 heterocycles. The zero-order valence-electron chi connectivity index (χ0n) is 9.23. The highest BCUT2D eigenvalue weighted by Gasteiger charge is 2.03. The van der Waals surface area contributed by atoms with E-state index >= 15 is 0 Å². The summed E-state index contributed by atoms with van der Waals surface area (Å²) in [5, 5.41) is 9.37. The molecule has 2 N–H and O–H groups in total. The molecule has 0 radical (unpaired) electrons. The smallest absolute Gasteiger partial charge is 0.0992 e. The fourth-order valence-electron chi connectivity index (χ4n) is 1.65. The highest BCUT2D eigenvalue weighted by Crippen LogP contribution is 2.19. The molecule has 4 heteroatoms. The topological polar surface area (TPSA) is 54.7 Å². The number of hydrogen-bond donors (Lipinski definition) is 1. The van der Waals surface area contributed by atoms with Crippen molar-refractivity contribution in [1.29, 1.82) is 5.26 Å². The predicted molar refractivity (Wildman–Crippen MR) is 67.6 cm³/mol. The van der Waals surface area contributed by atoms with Crippen LogP contribution in [0.4, 0.5) is 0 Å². The fraction of sp³-hybridized carbons (Fsp3) is 0.154. The van der Waals surface area contributed by atoms with E-state index in [4.69, 9.17) is 22.6 Å². The second-order valence-electron chi connectivity index (χ2n) is 3.81. The van der Waals surface area contributed by atoms with Crippen LogP contribution in [0.5, 0.6) is 0 Å². The van der Waals surface area contributed by atoms with Crippen molar-refractivity contribution in [2.24, 2.45) is 5.73 Å². The Balaban J connectivity index is 2.21. The Morgan fingerprint density at radius 2 is 2.18 bits per heavy atom. The molecule has 2 aromatic rings. The highest BCUT2D eigenvalue weighted by molar-refractivity contribution is 6.31. The summed E-state index contributed by atoms with van der Waals surface area (Å²) >= 11 is 6.11. The lowest BCUT2D eigenvalue weighted by atomic mass is 10.1. The molecule has 0 spiro atoms. The van der Waals surface area contributed by atoms with Gasteiger partial charge in [-0.2, -0.15) is 5.26 Å². The van der Waals surface area contributed by atoms with Crippen molar-refractivity contribution in [3.05, 3.63) is 58.4 Å². The van der Waals surface area contributed by atoms with Crippen molar-refractivity contribution in [3.8, 4) is 6.07 Å². The predicted octanol–water partition coefficient (Wildman–Crippen LogP) is 2.52. The van der Waals surface area contributed by atoms with Gasteiger partial charge in [-0.3, -0.25) is 0 Å². The standard InChI is InChI=1S/C13H12ClN3/c14-13-5-10(6-15)1-2-12(13)9-17-4-3-11(7-16)8-17/h1-5,8H,7,9,16H2. The van der Waals surface area contributed by atoms with Gasteiger partial charge in [0.25, 0.3) is 0 Å². The van der Waals surface area contributed by atoms with E-state index in [1.54, 1.807) is 12.1 Å². The molecule has 3 nitrogen and oxygen atoms in total. The van der Waals surface area contributed by atoms with Crippen LogP contribution in [0.15, 0.2) is 36.7 Å². The second kappa shape index (κ2) is 5.05. The van der Waals surface area contributed by atoms with Crippen LogP contribution in [0.25, 0.3) is 0 Å². The van der Waals surface area contributed by atoms with Crippen LogP contribution in [-0.4, -0.2) is 4.57 Å². The lowest BCUT2D eigenvalue weighted by molar-refractivity contribution is 0.801. The highest BCUT2D eigenvalue weighted by atomic mass is 35.5. The molecule has 0 fully saturated rings. The number of nitriles is 1. The number of rotatable bonds is 3. The van der Waals surface area contributed by atoms with Crippen molar-refractivity contribution in [2.45, 2.75) is 13.1 Å². The summed E-state index contributed by atoms with van der Waals surface area (Å²) in [6, 6.07) is 9.38. The third-order valence-electron chi connectivity index (χ3n) is 2.58. The maximum Gasteiger partial charge on any atom is 0.0992 e. The Hall–Kier alpha value is -1.76. The van der Waals surface area contributed by atoms with E-state index in [1.807, 2.05) is 29.1 Å². The molecule has 17 heavy (non-hydrogen) atoms. The molecule has 0 aliphatic heterocycles. The molecule has 0 atom stereocenters. The largest absolute Gasteiger partial charge is 0.350 e. The van der Waals surface area contributed by atoms with Crippen LogP contribution in [0, 0.1) is 11.3 Å². The molecule has 0 unspecified atom stereocenters. The SMILES string of the molecule is N#Cc1ccc(Cn2ccc(CN)c2)c(Cl)c1. The Labute approximate surface area is 105 Å². The molecule has 1 aromatic carbocycles. The summed E-state index contributed by atoms with van der Waals surface area (Å²) in [5.74, 6) is 0. The first-order valence-electron chi connectivity index (χ1n) is 5.26. The van der Waals surface area contributed by atoms with E-state index < -0.39 is 0 Å². The monoisotopic (exact) mass is 245 g/mol. The van der Waals surface area contributed by atoms with Gasteiger partial charge >= 0.3 is 0 Å². The van der Waals surface area contributed by atoms with E-state index in [0.717, 1.165) is 11.1 Å². The van der Waals surface area contributed by atoms with Crippen molar-refractivity contribution < 1.29 is 0 Å². The van der Waals surface area contributed by atoms with Crippen LogP contribution < -0.4 is 5.73 Å². The van der Waals surface area contributed by atoms with Crippen LogP contribution in [-0.2, 0) is 13.1 Å². The molecular weight excluding hydrogens is 234 g/mol. The van der Waals surface area contributed by atoms with Gasteiger partial charge in [-0.25, -0.2) is 0 Å². The molecule has 0 saturated heterocycles. The van der Waals surface area contributed by atoms with E-state index in [9.17, 15) is 0 Å². The van der Waals surface area contributed by atoms with E-state index in [0.29, 0.717) is 23.7 Å². The maximum absolute atomic E-state index is 8.75. The first-order chi connectivity index (χ1) is 8.22. The summed E-state index contributed by atoms with van der Waals surface area (Å²) in [6.07, 6.45) is 3.96. The molecule has 2 rings (SSSR count). The first kappa shape index (κ1) is 11.7. The molecule has 0 aliphatic carbocycles. The number of aromatic nitrogens is 1. The molecule has 0 saturated carbocycles. The van der Waals surface area contributed by atoms with Gasteiger partial charge in [0.15, 0.2) is 0 Å². The molecule has 1 aromatic heterocycles. The molecule has 0 amide bonds. The average molecular weight is 246 g/mol. The minimum Gasteiger partial charge on any atom is -0.350 e. The van der Waals surface area contributed by atoms with Gasteiger partial charge in [-0.05, 0) is 29.3 Å². The fourth-order valence-corrected chi connectivity index (χ4v) is 1.89.